The van der Waals surface area contributed by atoms with Gasteiger partial charge in [-0.2, -0.15) is 0 Å². The molecule has 2 rings (SSSR count). The second kappa shape index (κ2) is 5.41. The van der Waals surface area contributed by atoms with Gasteiger partial charge in [0.1, 0.15) is 0 Å². The largest absolute Gasteiger partial charge is 0.477 e. The standard InChI is InChI=1S/C12H17N3O4/c1-7-4-15(5-8(6-16)19-7)11-9(13)2-3-10(14-11)12(17)18/h2-3,7-8,16H,4-6,13H2,1H3,(H,17,18). The molecule has 0 saturated carbocycles. The molecule has 104 valence electrons. The highest BCUT2D eigenvalue weighted by Crippen LogP contribution is 2.24. The first kappa shape index (κ1) is 13.6. The first-order valence-corrected chi connectivity index (χ1v) is 6.02. The Morgan fingerprint density at radius 1 is 1.58 bits per heavy atom. The van der Waals surface area contributed by atoms with Gasteiger partial charge in [0.15, 0.2) is 11.5 Å². The number of aromatic carboxylic acids is 1. The molecule has 0 aromatic carbocycles. The Bertz CT molecular complexity index is 480. The molecule has 7 nitrogen and oxygen atoms in total. The molecule has 1 saturated heterocycles. The third-order valence-electron chi connectivity index (χ3n) is 2.95. The van der Waals surface area contributed by atoms with Gasteiger partial charge < -0.3 is 25.6 Å². The lowest BCUT2D eigenvalue weighted by Gasteiger charge is -2.37. The van der Waals surface area contributed by atoms with Crippen molar-refractivity contribution in [1.82, 2.24) is 4.98 Å². The number of aromatic nitrogens is 1. The lowest BCUT2D eigenvalue weighted by atomic mass is 10.2. The number of nitrogen functional groups attached to an aromatic ring is 1. The average Bonchev–Trinajstić information content (AvgIpc) is 2.38. The molecule has 2 unspecified atom stereocenters. The molecular weight excluding hydrogens is 250 g/mol. The van der Waals surface area contributed by atoms with Crippen LogP contribution in [0, 0.1) is 0 Å². The SMILES string of the molecule is CC1CN(c2nc(C(=O)O)ccc2N)CC(CO)O1. The monoisotopic (exact) mass is 267 g/mol. The number of rotatable bonds is 3. The Kier molecular flexibility index (Phi) is 3.87. The number of ether oxygens (including phenoxy) is 1. The van der Waals surface area contributed by atoms with Gasteiger partial charge in [-0.3, -0.25) is 0 Å². The Morgan fingerprint density at radius 2 is 2.32 bits per heavy atom. The van der Waals surface area contributed by atoms with Crippen LogP contribution >= 0.6 is 0 Å². The van der Waals surface area contributed by atoms with Crippen LogP contribution in [0.25, 0.3) is 0 Å². The van der Waals surface area contributed by atoms with Crippen LogP contribution in [0.5, 0.6) is 0 Å². The summed E-state index contributed by atoms with van der Waals surface area (Å²) in [4.78, 5) is 16.9. The number of nitrogens with zero attached hydrogens (tertiary/aromatic N) is 2. The number of morpholine rings is 1. The summed E-state index contributed by atoms with van der Waals surface area (Å²) in [7, 11) is 0. The lowest BCUT2D eigenvalue weighted by molar-refractivity contribution is -0.0422. The number of carboxylic acid groups (broad SMARTS) is 1. The highest BCUT2D eigenvalue weighted by molar-refractivity contribution is 5.87. The third kappa shape index (κ3) is 2.94. The number of hydrogen-bond donors (Lipinski definition) is 3. The van der Waals surface area contributed by atoms with Crippen molar-refractivity contribution in [3.63, 3.8) is 0 Å². The van der Waals surface area contributed by atoms with Crippen LogP contribution in [0.1, 0.15) is 17.4 Å². The first-order chi connectivity index (χ1) is 9.01. The predicted octanol–water partition coefficient (Wildman–Crippen LogP) is -0.0520. The van der Waals surface area contributed by atoms with Crippen molar-refractivity contribution in [3.8, 4) is 0 Å². The van der Waals surface area contributed by atoms with Gasteiger partial charge in [-0.15, -0.1) is 0 Å². The van der Waals surface area contributed by atoms with E-state index in [-0.39, 0.29) is 24.5 Å². The number of aliphatic hydroxyl groups is 1. The van der Waals surface area contributed by atoms with E-state index in [0.29, 0.717) is 24.6 Å². The molecule has 1 aromatic heterocycles. The topological polar surface area (TPSA) is 109 Å². The fourth-order valence-electron chi connectivity index (χ4n) is 2.15. The fraction of sp³-hybridized carbons (Fsp3) is 0.500. The summed E-state index contributed by atoms with van der Waals surface area (Å²) >= 11 is 0. The van der Waals surface area contributed by atoms with Gasteiger partial charge in [0.25, 0.3) is 0 Å². The number of carboxylic acids is 1. The molecule has 0 amide bonds. The maximum absolute atomic E-state index is 10.9. The van der Waals surface area contributed by atoms with Crippen LogP contribution in [0.2, 0.25) is 0 Å². The van der Waals surface area contributed by atoms with E-state index in [1.165, 1.54) is 12.1 Å². The highest BCUT2D eigenvalue weighted by Gasteiger charge is 2.27. The molecule has 0 spiro atoms. The van der Waals surface area contributed by atoms with Crippen LogP contribution in [0.4, 0.5) is 11.5 Å². The summed E-state index contributed by atoms with van der Waals surface area (Å²) in [5.41, 5.74) is 6.21. The van der Waals surface area contributed by atoms with E-state index in [9.17, 15) is 9.90 Å². The van der Waals surface area contributed by atoms with E-state index in [1.54, 1.807) is 0 Å². The number of hydrogen-bond acceptors (Lipinski definition) is 6. The second-order valence-corrected chi connectivity index (χ2v) is 4.57. The van der Waals surface area contributed by atoms with Crippen molar-refractivity contribution in [3.05, 3.63) is 17.8 Å². The van der Waals surface area contributed by atoms with Crippen LogP contribution < -0.4 is 10.6 Å². The van der Waals surface area contributed by atoms with Gasteiger partial charge in [-0.25, -0.2) is 9.78 Å². The van der Waals surface area contributed by atoms with E-state index in [1.807, 2.05) is 11.8 Å². The zero-order valence-electron chi connectivity index (χ0n) is 10.6. The van der Waals surface area contributed by atoms with Crippen molar-refractivity contribution < 1.29 is 19.7 Å². The Hall–Kier alpha value is -1.86. The smallest absolute Gasteiger partial charge is 0.354 e. The van der Waals surface area contributed by atoms with Crippen LogP contribution in [-0.4, -0.2) is 53.1 Å². The minimum Gasteiger partial charge on any atom is -0.477 e. The second-order valence-electron chi connectivity index (χ2n) is 4.57. The molecule has 19 heavy (non-hydrogen) atoms. The van der Waals surface area contributed by atoms with Crippen molar-refractivity contribution >= 4 is 17.5 Å². The fourth-order valence-corrected chi connectivity index (χ4v) is 2.15. The van der Waals surface area contributed by atoms with Crippen LogP contribution in [0.15, 0.2) is 12.1 Å². The van der Waals surface area contributed by atoms with E-state index in [4.69, 9.17) is 15.6 Å². The maximum atomic E-state index is 10.9. The minimum atomic E-state index is -1.10. The van der Waals surface area contributed by atoms with E-state index >= 15 is 0 Å². The molecule has 1 aliphatic rings. The maximum Gasteiger partial charge on any atom is 0.354 e. The Labute approximate surface area is 110 Å². The Morgan fingerprint density at radius 3 is 2.95 bits per heavy atom. The molecule has 0 bridgehead atoms. The number of carbonyl (C=O) groups is 1. The van der Waals surface area contributed by atoms with Crippen LogP contribution in [0.3, 0.4) is 0 Å². The van der Waals surface area contributed by atoms with Gasteiger partial charge in [0.2, 0.25) is 0 Å². The first-order valence-electron chi connectivity index (χ1n) is 6.02. The quantitative estimate of drug-likeness (QED) is 0.704. The summed E-state index contributed by atoms with van der Waals surface area (Å²) in [5, 5.41) is 18.2. The summed E-state index contributed by atoms with van der Waals surface area (Å²) in [6.07, 6.45) is -0.404. The Balaban J connectivity index is 2.29. The normalized spacial score (nSPS) is 23.4. The van der Waals surface area contributed by atoms with E-state index in [2.05, 4.69) is 4.98 Å². The van der Waals surface area contributed by atoms with Gasteiger partial charge >= 0.3 is 5.97 Å². The minimum absolute atomic E-state index is 0.0520. The molecular formula is C12H17N3O4. The summed E-state index contributed by atoms with van der Waals surface area (Å²) in [6, 6.07) is 2.90. The summed E-state index contributed by atoms with van der Waals surface area (Å²) < 4.78 is 5.53. The molecule has 1 aliphatic heterocycles. The van der Waals surface area contributed by atoms with Crippen molar-refractivity contribution in [2.75, 3.05) is 30.3 Å². The number of nitrogens with two attached hydrogens (primary N) is 1. The van der Waals surface area contributed by atoms with Gasteiger partial charge in [0.05, 0.1) is 24.5 Å². The van der Waals surface area contributed by atoms with Gasteiger partial charge in [-0.05, 0) is 19.1 Å². The van der Waals surface area contributed by atoms with E-state index in [0.717, 1.165) is 0 Å². The molecule has 4 N–H and O–H groups in total. The average molecular weight is 267 g/mol. The van der Waals surface area contributed by atoms with Gasteiger partial charge in [-0.1, -0.05) is 0 Å². The van der Waals surface area contributed by atoms with Gasteiger partial charge in [0, 0.05) is 13.1 Å². The molecule has 7 heteroatoms. The predicted molar refractivity (Wildman–Crippen MR) is 69.2 cm³/mol. The number of anilines is 2. The molecule has 0 radical (unpaired) electrons. The lowest BCUT2D eigenvalue weighted by Crippen LogP contribution is -2.48. The zero-order valence-corrected chi connectivity index (χ0v) is 10.6. The molecule has 1 fully saturated rings. The molecule has 2 heterocycles. The molecule has 1 aromatic rings. The number of aliphatic hydroxyl groups excluding tert-OH is 1. The number of pyridine rings is 1. The zero-order chi connectivity index (χ0) is 14.0. The molecule has 0 aliphatic carbocycles. The van der Waals surface area contributed by atoms with Crippen molar-refractivity contribution in [2.45, 2.75) is 19.1 Å². The molecule has 2 atom stereocenters. The highest BCUT2D eigenvalue weighted by atomic mass is 16.5. The van der Waals surface area contributed by atoms with Crippen LogP contribution in [-0.2, 0) is 4.74 Å². The summed E-state index contributed by atoms with van der Waals surface area (Å²) in [5.74, 6) is -0.672. The van der Waals surface area contributed by atoms with Crippen molar-refractivity contribution in [1.29, 1.82) is 0 Å². The third-order valence-corrected chi connectivity index (χ3v) is 2.95. The van der Waals surface area contributed by atoms with Crippen molar-refractivity contribution in [2.24, 2.45) is 0 Å². The van der Waals surface area contributed by atoms with E-state index < -0.39 is 5.97 Å². The summed E-state index contributed by atoms with van der Waals surface area (Å²) in [6.45, 7) is 2.77.